The third-order valence-corrected chi connectivity index (χ3v) is 10.8. The highest BCUT2D eigenvalue weighted by molar-refractivity contribution is 6.01. The van der Waals surface area contributed by atoms with Crippen molar-refractivity contribution in [1.29, 1.82) is 0 Å². The highest BCUT2D eigenvalue weighted by atomic mass is 19.1. The lowest BCUT2D eigenvalue weighted by Crippen LogP contribution is -2.67. The number of hydrogen-bond acceptors (Lipinski definition) is 5. The van der Waals surface area contributed by atoms with Gasteiger partial charge in [0.05, 0.1) is 0 Å². The van der Waals surface area contributed by atoms with E-state index in [0.717, 1.165) is 56.1 Å². The summed E-state index contributed by atoms with van der Waals surface area (Å²) in [5, 5.41) is 16.1. The second kappa shape index (κ2) is 12.7. The molecule has 7 rings (SSSR count). The van der Waals surface area contributed by atoms with Crippen molar-refractivity contribution in [3.63, 3.8) is 0 Å². The average molecular weight is 656 g/mol. The van der Waals surface area contributed by atoms with Crippen molar-refractivity contribution in [2.24, 2.45) is 18.4 Å². The van der Waals surface area contributed by atoms with Crippen LogP contribution in [0.25, 0.3) is 0 Å². The van der Waals surface area contributed by atoms with Crippen LogP contribution in [0.4, 0.5) is 14.9 Å². The summed E-state index contributed by atoms with van der Waals surface area (Å²) in [6.07, 6.45) is 8.87. The molecule has 2 aromatic carbocycles. The van der Waals surface area contributed by atoms with Crippen molar-refractivity contribution in [1.82, 2.24) is 30.6 Å². The molecule has 3 aromatic rings. The van der Waals surface area contributed by atoms with E-state index < -0.39 is 17.4 Å². The van der Waals surface area contributed by atoms with E-state index in [1.807, 2.05) is 18.2 Å². The number of anilines is 1. The molecule has 5 amide bonds. The molecule has 4 aliphatic rings. The number of amides is 5. The number of rotatable bonds is 9. The van der Waals surface area contributed by atoms with Crippen LogP contribution in [-0.2, 0) is 36.0 Å². The van der Waals surface area contributed by atoms with Gasteiger partial charge in [-0.2, -0.15) is 5.10 Å². The molecule has 1 aromatic heterocycles. The smallest absolute Gasteiger partial charge is 0.318 e. The first-order valence-corrected chi connectivity index (χ1v) is 17.0. The Morgan fingerprint density at radius 1 is 1.04 bits per heavy atom. The minimum Gasteiger partial charge on any atom is -0.350 e. The lowest BCUT2D eigenvalue weighted by molar-refractivity contribution is -0.132. The summed E-state index contributed by atoms with van der Waals surface area (Å²) in [7, 11) is 1.69. The molecule has 0 bridgehead atoms. The summed E-state index contributed by atoms with van der Waals surface area (Å²) in [6.45, 7) is 1.07. The largest absolute Gasteiger partial charge is 0.350 e. The molecule has 2 atom stereocenters. The minimum atomic E-state index is -1.21. The summed E-state index contributed by atoms with van der Waals surface area (Å²) >= 11 is 0. The summed E-state index contributed by atoms with van der Waals surface area (Å²) in [4.78, 5) is 56.3. The zero-order chi connectivity index (χ0) is 33.5. The summed E-state index contributed by atoms with van der Waals surface area (Å²) in [5.74, 6) is -1.39. The van der Waals surface area contributed by atoms with Gasteiger partial charge in [0.2, 0.25) is 11.8 Å². The van der Waals surface area contributed by atoms with E-state index in [9.17, 15) is 23.6 Å². The predicted octanol–water partition coefficient (Wildman–Crippen LogP) is 3.84. The van der Waals surface area contributed by atoms with Crippen LogP contribution in [0, 0.1) is 17.2 Å². The fourth-order valence-electron chi connectivity index (χ4n) is 7.76. The van der Waals surface area contributed by atoms with Gasteiger partial charge in [0.25, 0.3) is 5.91 Å². The third kappa shape index (κ3) is 6.15. The second-order valence-electron chi connectivity index (χ2n) is 14.1. The molecule has 2 heterocycles. The SMILES string of the molecule is Cn1nccc1C(=O)N[C@H](C(=O)Nc1ccc2c(c1)CC(C(=O)NCc1ccccc1F)(N1CC3(CC3)CNC1=O)C2)C1CCCCC1. The zero-order valence-electron chi connectivity index (χ0n) is 27.2. The van der Waals surface area contributed by atoms with Gasteiger partial charge in [-0.25, -0.2) is 9.18 Å². The molecule has 3 aliphatic carbocycles. The molecule has 4 N–H and O–H groups in total. The van der Waals surface area contributed by atoms with Crippen LogP contribution in [0.15, 0.2) is 54.7 Å². The number of aryl methyl sites for hydroxylation is 1. The number of nitrogens with zero attached hydrogens (tertiary/aromatic N) is 3. The van der Waals surface area contributed by atoms with E-state index in [4.69, 9.17) is 0 Å². The third-order valence-electron chi connectivity index (χ3n) is 10.8. The quantitative estimate of drug-likeness (QED) is 0.278. The molecular weight excluding hydrogens is 613 g/mol. The Hall–Kier alpha value is -4.74. The maximum Gasteiger partial charge on any atom is 0.318 e. The molecular formula is C36H42FN7O4. The fraction of sp³-hybridized carbons (Fsp3) is 0.472. The van der Waals surface area contributed by atoms with Crippen LogP contribution in [0.1, 0.15) is 72.1 Å². The van der Waals surface area contributed by atoms with Crippen molar-refractivity contribution < 1.29 is 23.6 Å². The number of aromatic nitrogens is 2. The van der Waals surface area contributed by atoms with Gasteiger partial charge in [-0.15, -0.1) is 0 Å². The normalized spacial score (nSPS) is 22.0. The first-order chi connectivity index (χ1) is 23.2. The summed E-state index contributed by atoms with van der Waals surface area (Å²) in [6, 6.07) is 12.5. The van der Waals surface area contributed by atoms with Crippen molar-refractivity contribution in [3.05, 3.63) is 82.9 Å². The van der Waals surface area contributed by atoms with Gasteiger partial charge >= 0.3 is 6.03 Å². The van der Waals surface area contributed by atoms with Gasteiger partial charge in [-0.1, -0.05) is 43.5 Å². The fourth-order valence-corrected chi connectivity index (χ4v) is 7.76. The monoisotopic (exact) mass is 655 g/mol. The maximum atomic E-state index is 14.5. The Bertz CT molecular complexity index is 1750. The van der Waals surface area contributed by atoms with E-state index in [0.29, 0.717) is 36.5 Å². The van der Waals surface area contributed by atoms with Crippen molar-refractivity contribution in [2.45, 2.75) is 75.9 Å². The lowest BCUT2D eigenvalue weighted by Gasteiger charge is -2.44. The molecule has 0 radical (unpaired) electrons. The van der Waals surface area contributed by atoms with E-state index >= 15 is 0 Å². The number of benzene rings is 2. The Morgan fingerprint density at radius 3 is 2.54 bits per heavy atom. The molecule has 3 fully saturated rings. The molecule has 2 saturated carbocycles. The Morgan fingerprint density at radius 2 is 1.81 bits per heavy atom. The standard InChI is InChI=1S/C36H42FN7O4/c1-43-29(13-16-40-43)31(45)42-30(23-7-3-2-4-8-23)32(46)41-27-12-11-24-18-36(19-26(24)17-27,44-22-35(14-15-35)21-39-34(44)48)33(47)38-20-25-9-5-6-10-28(25)37/h5-6,9-13,16-17,23,30H,2-4,7-8,14-15,18-22H2,1H3,(H,38,47)(H,39,48)(H,41,46)(H,42,45)/t30-,36?/m0/s1. The number of halogens is 1. The zero-order valence-corrected chi connectivity index (χ0v) is 27.2. The van der Waals surface area contributed by atoms with E-state index in [1.165, 1.54) is 10.7 Å². The first kappa shape index (κ1) is 31.8. The van der Waals surface area contributed by atoms with Crippen molar-refractivity contribution in [3.8, 4) is 0 Å². The molecule has 1 saturated heterocycles. The van der Waals surface area contributed by atoms with Crippen LogP contribution >= 0.6 is 0 Å². The Balaban J connectivity index is 1.12. The molecule has 11 nitrogen and oxygen atoms in total. The van der Waals surface area contributed by atoms with E-state index in [2.05, 4.69) is 26.4 Å². The molecule has 1 spiro atoms. The molecule has 252 valence electrons. The van der Waals surface area contributed by atoms with Gasteiger partial charge in [-0.3, -0.25) is 19.1 Å². The molecule has 1 unspecified atom stereocenters. The van der Waals surface area contributed by atoms with Crippen LogP contribution in [0.3, 0.4) is 0 Å². The second-order valence-corrected chi connectivity index (χ2v) is 14.1. The lowest BCUT2D eigenvalue weighted by atomic mass is 9.83. The van der Waals surface area contributed by atoms with Gasteiger partial charge in [0.1, 0.15) is 23.1 Å². The van der Waals surface area contributed by atoms with Crippen LogP contribution in [0.5, 0.6) is 0 Å². The summed E-state index contributed by atoms with van der Waals surface area (Å²) in [5.41, 5.74) is 1.81. The average Bonchev–Trinajstić information content (AvgIpc) is 3.50. The Labute approximate surface area is 279 Å². The number of fused-ring (bicyclic) bond motifs is 1. The van der Waals surface area contributed by atoms with Gasteiger partial charge in [-0.05, 0) is 67.0 Å². The van der Waals surface area contributed by atoms with Crippen molar-refractivity contribution in [2.75, 3.05) is 18.4 Å². The van der Waals surface area contributed by atoms with Crippen LogP contribution < -0.4 is 21.3 Å². The molecule has 1 aliphatic heterocycles. The van der Waals surface area contributed by atoms with Gasteiger partial charge in [0, 0.05) is 62.4 Å². The maximum absolute atomic E-state index is 14.5. The first-order valence-electron chi connectivity index (χ1n) is 17.0. The molecule has 48 heavy (non-hydrogen) atoms. The molecule has 12 heteroatoms. The van der Waals surface area contributed by atoms with Crippen LogP contribution in [0.2, 0.25) is 0 Å². The highest BCUT2D eigenvalue weighted by Crippen LogP contribution is 2.49. The summed E-state index contributed by atoms with van der Waals surface area (Å²) < 4.78 is 15.9. The number of urea groups is 1. The van der Waals surface area contributed by atoms with E-state index in [-0.39, 0.29) is 48.1 Å². The topological polar surface area (TPSA) is 137 Å². The minimum absolute atomic E-state index is 0.00138. The van der Waals surface area contributed by atoms with Crippen molar-refractivity contribution >= 4 is 29.4 Å². The van der Waals surface area contributed by atoms with E-state index in [1.54, 1.807) is 42.4 Å². The Kier molecular flexibility index (Phi) is 8.43. The predicted molar refractivity (Wildman–Crippen MR) is 176 cm³/mol. The number of carbonyl (C=O) groups is 4. The number of hydrogen-bond donors (Lipinski definition) is 4. The van der Waals surface area contributed by atoms with Gasteiger partial charge < -0.3 is 26.2 Å². The number of nitrogens with one attached hydrogen (secondary N) is 4. The van der Waals surface area contributed by atoms with Crippen LogP contribution in [-0.4, -0.2) is 63.1 Å². The number of carbonyl (C=O) groups excluding carboxylic acids is 4. The van der Waals surface area contributed by atoms with Gasteiger partial charge in [0.15, 0.2) is 0 Å². The highest BCUT2D eigenvalue weighted by Gasteiger charge is 2.57.